The summed E-state index contributed by atoms with van der Waals surface area (Å²) in [6.07, 6.45) is 3.32. The van der Waals surface area contributed by atoms with Crippen LogP contribution in [0.3, 0.4) is 0 Å². The highest BCUT2D eigenvalue weighted by molar-refractivity contribution is 6.17. The maximum atomic E-state index is 8.90. The highest BCUT2D eigenvalue weighted by Gasteiger charge is 2.13. The number of halogens is 1. The summed E-state index contributed by atoms with van der Waals surface area (Å²) < 4.78 is 0. The minimum atomic E-state index is 0.249. The predicted molar refractivity (Wildman–Crippen MR) is 58.4 cm³/mol. The Labute approximate surface area is 86.9 Å². The molecule has 0 saturated carbocycles. The van der Waals surface area contributed by atoms with Crippen molar-refractivity contribution in [1.82, 2.24) is 4.90 Å². The zero-order valence-corrected chi connectivity index (χ0v) is 9.56. The molecule has 0 aliphatic heterocycles. The number of hydrogen-bond donors (Lipinski definition) is 1. The van der Waals surface area contributed by atoms with Gasteiger partial charge in [-0.1, -0.05) is 13.8 Å². The van der Waals surface area contributed by atoms with Crippen LogP contribution in [0, 0.1) is 0 Å². The van der Waals surface area contributed by atoms with Crippen molar-refractivity contribution < 1.29 is 5.11 Å². The van der Waals surface area contributed by atoms with Crippen molar-refractivity contribution in [2.45, 2.75) is 39.2 Å². The van der Waals surface area contributed by atoms with E-state index in [-0.39, 0.29) is 6.61 Å². The zero-order chi connectivity index (χ0) is 10.1. The number of nitrogens with zero attached hydrogens (tertiary/aromatic N) is 1. The first-order chi connectivity index (χ1) is 6.29. The molecule has 3 heteroatoms. The highest BCUT2D eigenvalue weighted by atomic mass is 35.5. The molecular weight excluding hydrogens is 186 g/mol. The van der Waals surface area contributed by atoms with E-state index in [2.05, 4.69) is 18.7 Å². The van der Waals surface area contributed by atoms with Crippen LogP contribution in [0.15, 0.2) is 0 Å². The molecule has 0 saturated heterocycles. The third kappa shape index (κ3) is 5.50. The van der Waals surface area contributed by atoms with Crippen LogP contribution in [0.5, 0.6) is 0 Å². The van der Waals surface area contributed by atoms with Gasteiger partial charge in [-0.3, -0.25) is 4.90 Å². The molecule has 0 heterocycles. The van der Waals surface area contributed by atoms with E-state index < -0.39 is 0 Å². The molecule has 0 atom stereocenters. The molecule has 0 bridgehead atoms. The van der Waals surface area contributed by atoms with E-state index in [9.17, 15) is 0 Å². The summed E-state index contributed by atoms with van der Waals surface area (Å²) in [6.45, 7) is 6.43. The van der Waals surface area contributed by atoms with Gasteiger partial charge in [0.1, 0.15) is 0 Å². The van der Waals surface area contributed by atoms with Crippen LogP contribution in [-0.2, 0) is 0 Å². The van der Waals surface area contributed by atoms with E-state index in [1.54, 1.807) is 0 Å². The second-order valence-corrected chi connectivity index (χ2v) is 3.65. The third-order valence-corrected chi connectivity index (χ3v) is 2.69. The second kappa shape index (κ2) is 8.79. The van der Waals surface area contributed by atoms with E-state index >= 15 is 0 Å². The first kappa shape index (κ1) is 13.2. The molecule has 0 aromatic rings. The number of aliphatic hydroxyl groups excluding tert-OH is 1. The normalized spacial score (nSPS) is 11.5. The van der Waals surface area contributed by atoms with Crippen molar-refractivity contribution in [1.29, 1.82) is 0 Å². The van der Waals surface area contributed by atoms with Gasteiger partial charge < -0.3 is 5.11 Å². The van der Waals surface area contributed by atoms with Crippen LogP contribution < -0.4 is 0 Å². The van der Waals surface area contributed by atoms with E-state index in [0.29, 0.717) is 11.9 Å². The number of aliphatic hydroxyl groups is 1. The van der Waals surface area contributed by atoms with Gasteiger partial charge in [0.2, 0.25) is 0 Å². The molecule has 0 radical (unpaired) electrons. The Morgan fingerprint density at radius 1 is 1.23 bits per heavy atom. The fourth-order valence-electron chi connectivity index (χ4n) is 1.67. The van der Waals surface area contributed by atoms with E-state index in [0.717, 1.165) is 32.4 Å². The molecule has 0 aromatic heterocycles. The van der Waals surface area contributed by atoms with Crippen molar-refractivity contribution in [3.8, 4) is 0 Å². The van der Waals surface area contributed by atoms with Crippen LogP contribution in [0.25, 0.3) is 0 Å². The highest BCUT2D eigenvalue weighted by Crippen LogP contribution is 2.08. The van der Waals surface area contributed by atoms with Gasteiger partial charge in [0.15, 0.2) is 0 Å². The first-order valence-corrected chi connectivity index (χ1v) is 5.74. The third-order valence-electron chi connectivity index (χ3n) is 2.43. The summed E-state index contributed by atoms with van der Waals surface area (Å²) in [4.78, 5) is 2.34. The predicted octanol–water partition coefficient (Wildman–Crippen LogP) is 2.10. The summed E-state index contributed by atoms with van der Waals surface area (Å²) >= 11 is 5.65. The minimum Gasteiger partial charge on any atom is -0.395 e. The lowest BCUT2D eigenvalue weighted by atomic mass is 10.1. The Kier molecular flexibility index (Phi) is 8.93. The summed E-state index contributed by atoms with van der Waals surface area (Å²) in [5.41, 5.74) is 0. The lowest BCUT2D eigenvalue weighted by Gasteiger charge is -2.29. The molecule has 0 aliphatic carbocycles. The molecule has 0 unspecified atom stereocenters. The zero-order valence-electron chi connectivity index (χ0n) is 8.80. The van der Waals surface area contributed by atoms with E-state index in [4.69, 9.17) is 16.7 Å². The average molecular weight is 208 g/mol. The Balaban J connectivity index is 3.88. The topological polar surface area (TPSA) is 23.5 Å². The average Bonchev–Trinajstić information content (AvgIpc) is 2.16. The van der Waals surface area contributed by atoms with Gasteiger partial charge in [-0.2, -0.15) is 0 Å². The molecule has 13 heavy (non-hydrogen) atoms. The molecule has 0 aromatic carbocycles. The van der Waals surface area contributed by atoms with Crippen LogP contribution in [0.2, 0.25) is 0 Å². The molecule has 0 fully saturated rings. The maximum Gasteiger partial charge on any atom is 0.0558 e. The van der Waals surface area contributed by atoms with Gasteiger partial charge in [-0.05, 0) is 25.8 Å². The fourth-order valence-corrected chi connectivity index (χ4v) is 1.79. The number of hydrogen-bond acceptors (Lipinski definition) is 2. The SMILES string of the molecule is CCC(CC)N(CCO)CCCCl. The molecule has 1 N–H and O–H groups in total. The van der Waals surface area contributed by atoms with Crippen LogP contribution in [0.4, 0.5) is 0 Å². The van der Waals surface area contributed by atoms with Crippen molar-refractivity contribution in [2.75, 3.05) is 25.6 Å². The summed E-state index contributed by atoms with van der Waals surface area (Å²) in [6, 6.07) is 0.607. The van der Waals surface area contributed by atoms with E-state index in [1.807, 2.05) is 0 Å². The van der Waals surface area contributed by atoms with Gasteiger partial charge in [0.05, 0.1) is 6.61 Å². The van der Waals surface area contributed by atoms with Gasteiger partial charge >= 0.3 is 0 Å². The Bertz CT molecular complexity index is 107. The lowest BCUT2D eigenvalue weighted by molar-refractivity contribution is 0.144. The lowest BCUT2D eigenvalue weighted by Crippen LogP contribution is -2.37. The summed E-state index contributed by atoms with van der Waals surface area (Å²) in [5.74, 6) is 0.710. The Morgan fingerprint density at radius 3 is 2.23 bits per heavy atom. The van der Waals surface area contributed by atoms with E-state index in [1.165, 1.54) is 0 Å². The van der Waals surface area contributed by atoms with Crippen LogP contribution >= 0.6 is 11.6 Å². The molecule has 0 aliphatic rings. The summed E-state index contributed by atoms with van der Waals surface area (Å²) in [5, 5.41) is 8.90. The molecule has 0 rings (SSSR count). The number of alkyl halides is 1. The smallest absolute Gasteiger partial charge is 0.0558 e. The van der Waals surface area contributed by atoms with Crippen molar-refractivity contribution >= 4 is 11.6 Å². The fraction of sp³-hybridized carbons (Fsp3) is 1.00. The molecule has 80 valence electrons. The molecule has 0 amide bonds. The minimum absolute atomic E-state index is 0.249. The van der Waals surface area contributed by atoms with Crippen molar-refractivity contribution in [3.63, 3.8) is 0 Å². The second-order valence-electron chi connectivity index (χ2n) is 3.27. The van der Waals surface area contributed by atoms with Crippen LogP contribution in [-0.4, -0.2) is 41.6 Å². The molecular formula is C10H22ClNO. The quantitative estimate of drug-likeness (QED) is 0.617. The van der Waals surface area contributed by atoms with Crippen LogP contribution in [0.1, 0.15) is 33.1 Å². The maximum absolute atomic E-state index is 8.90. The largest absolute Gasteiger partial charge is 0.395 e. The Hall–Kier alpha value is 0.210. The van der Waals surface area contributed by atoms with Gasteiger partial charge in [0, 0.05) is 18.5 Å². The van der Waals surface area contributed by atoms with Crippen molar-refractivity contribution in [3.05, 3.63) is 0 Å². The standard InChI is InChI=1S/C10H22ClNO/c1-3-10(4-2)12(8-9-13)7-5-6-11/h10,13H,3-9H2,1-2H3. The monoisotopic (exact) mass is 207 g/mol. The van der Waals surface area contributed by atoms with Gasteiger partial charge in [0.25, 0.3) is 0 Å². The van der Waals surface area contributed by atoms with Crippen molar-refractivity contribution in [2.24, 2.45) is 0 Å². The first-order valence-electron chi connectivity index (χ1n) is 5.20. The van der Waals surface area contributed by atoms with Gasteiger partial charge in [-0.15, -0.1) is 11.6 Å². The van der Waals surface area contributed by atoms with Gasteiger partial charge in [-0.25, -0.2) is 0 Å². The Morgan fingerprint density at radius 2 is 1.85 bits per heavy atom. The molecule has 2 nitrogen and oxygen atoms in total. The number of rotatable bonds is 8. The summed E-state index contributed by atoms with van der Waals surface area (Å²) in [7, 11) is 0. The molecule has 0 spiro atoms.